The van der Waals surface area contributed by atoms with Crippen LogP contribution in [-0.4, -0.2) is 47.2 Å². The first-order valence-corrected chi connectivity index (χ1v) is 10.2. The van der Waals surface area contributed by atoms with Crippen LogP contribution in [0.25, 0.3) is 0 Å². The smallest absolute Gasteiger partial charge is 0.329 e. The summed E-state index contributed by atoms with van der Waals surface area (Å²) >= 11 is 1.32. The molecule has 0 bridgehead atoms. The van der Waals surface area contributed by atoms with Crippen molar-refractivity contribution in [2.24, 2.45) is 0 Å². The van der Waals surface area contributed by atoms with Gasteiger partial charge in [0.1, 0.15) is 6.04 Å². The maximum Gasteiger partial charge on any atom is 0.329 e. The van der Waals surface area contributed by atoms with E-state index >= 15 is 0 Å². The average molecular weight is 414 g/mol. The van der Waals surface area contributed by atoms with E-state index in [0.29, 0.717) is 35.5 Å². The van der Waals surface area contributed by atoms with Crippen LogP contribution in [0, 0.1) is 0 Å². The van der Waals surface area contributed by atoms with Crippen molar-refractivity contribution in [2.45, 2.75) is 38.8 Å². The summed E-state index contributed by atoms with van der Waals surface area (Å²) in [5.74, 6) is -1.41. The van der Waals surface area contributed by atoms with Crippen LogP contribution in [0.4, 0.5) is 5.69 Å². The fourth-order valence-electron chi connectivity index (χ4n) is 3.16. The van der Waals surface area contributed by atoms with Crippen molar-refractivity contribution in [1.29, 1.82) is 0 Å². The zero-order valence-electron chi connectivity index (χ0n) is 16.2. The molecular formula is C21H22N2O5S. The molecule has 2 amide bonds. The normalized spacial score (nSPS) is 16.9. The van der Waals surface area contributed by atoms with E-state index in [0.717, 1.165) is 0 Å². The molecule has 0 aliphatic carbocycles. The molecule has 1 aliphatic rings. The Morgan fingerprint density at radius 3 is 2.69 bits per heavy atom. The molecule has 8 heteroatoms. The Morgan fingerprint density at radius 2 is 2.00 bits per heavy atom. The second-order valence-electron chi connectivity index (χ2n) is 6.84. The third-order valence-corrected chi connectivity index (χ3v) is 5.57. The van der Waals surface area contributed by atoms with Gasteiger partial charge in [-0.15, -0.1) is 11.3 Å². The lowest BCUT2D eigenvalue weighted by molar-refractivity contribution is -0.156. The van der Waals surface area contributed by atoms with Crippen molar-refractivity contribution < 1.29 is 23.9 Å². The lowest BCUT2D eigenvalue weighted by Gasteiger charge is -2.24. The summed E-state index contributed by atoms with van der Waals surface area (Å²) in [5, 5.41) is 4.45. The number of hydrogen-bond donors (Lipinski definition) is 1. The second kappa shape index (κ2) is 9.00. The Hall–Kier alpha value is -3.00. The molecule has 7 nitrogen and oxygen atoms in total. The molecule has 0 saturated carbocycles. The van der Waals surface area contributed by atoms with E-state index in [2.05, 4.69) is 5.32 Å². The largest absolute Gasteiger partial charge is 0.451 e. The van der Waals surface area contributed by atoms with Crippen molar-refractivity contribution in [3.63, 3.8) is 0 Å². The standard InChI is InChI=1S/C21H22N2O5S/c1-13(24)15-6-3-7-16(12-15)22-19(25)14(2)28-21(27)17-8-4-10-23(17)20(26)18-9-5-11-29-18/h3,5-7,9,11-12,14,17H,4,8,10H2,1-2H3,(H,22,25)/t14-,17-/m0/s1. The monoisotopic (exact) mass is 414 g/mol. The Bertz CT molecular complexity index is 925. The van der Waals surface area contributed by atoms with Crippen LogP contribution in [0.3, 0.4) is 0 Å². The number of likely N-dealkylation sites (tertiary alicyclic amines) is 1. The predicted molar refractivity (Wildman–Crippen MR) is 109 cm³/mol. The third-order valence-electron chi connectivity index (χ3n) is 4.72. The van der Waals surface area contributed by atoms with Crippen LogP contribution in [0.5, 0.6) is 0 Å². The molecule has 3 rings (SSSR count). The van der Waals surface area contributed by atoms with Crippen molar-refractivity contribution >= 4 is 40.6 Å². The number of benzene rings is 1. The fourth-order valence-corrected chi connectivity index (χ4v) is 3.84. The van der Waals surface area contributed by atoms with Crippen LogP contribution < -0.4 is 5.32 Å². The predicted octanol–water partition coefficient (Wildman–Crippen LogP) is 3.13. The summed E-state index contributed by atoms with van der Waals surface area (Å²) in [7, 11) is 0. The first-order valence-electron chi connectivity index (χ1n) is 9.33. The van der Waals surface area contributed by atoms with Crippen molar-refractivity contribution in [2.75, 3.05) is 11.9 Å². The molecule has 152 valence electrons. The highest BCUT2D eigenvalue weighted by Gasteiger charge is 2.37. The van der Waals surface area contributed by atoms with Gasteiger partial charge in [-0.05, 0) is 50.3 Å². The molecular weight excluding hydrogens is 392 g/mol. The minimum Gasteiger partial charge on any atom is -0.451 e. The van der Waals surface area contributed by atoms with E-state index < -0.39 is 24.0 Å². The summed E-state index contributed by atoms with van der Waals surface area (Å²) in [6.45, 7) is 3.40. The molecule has 2 atom stereocenters. The molecule has 0 spiro atoms. The molecule has 1 fully saturated rings. The van der Waals surface area contributed by atoms with E-state index in [-0.39, 0.29) is 11.7 Å². The van der Waals surface area contributed by atoms with E-state index in [1.165, 1.54) is 30.1 Å². The number of nitrogens with zero attached hydrogens (tertiary/aromatic N) is 1. The quantitative estimate of drug-likeness (QED) is 0.579. The van der Waals surface area contributed by atoms with E-state index in [4.69, 9.17) is 4.74 Å². The highest BCUT2D eigenvalue weighted by atomic mass is 32.1. The first-order chi connectivity index (χ1) is 13.9. The van der Waals surface area contributed by atoms with Gasteiger partial charge in [0.15, 0.2) is 11.9 Å². The number of ketones is 1. The van der Waals surface area contributed by atoms with Crippen molar-refractivity contribution in [1.82, 2.24) is 4.90 Å². The van der Waals surface area contributed by atoms with Gasteiger partial charge in [0.05, 0.1) is 4.88 Å². The van der Waals surface area contributed by atoms with Crippen LogP contribution in [0.1, 0.15) is 46.7 Å². The van der Waals surface area contributed by atoms with Crippen LogP contribution >= 0.6 is 11.3 Å². The van der Waals surface area contributed by atoms with Gasteiger partial charge in [-0.25, -0.2) is 4.79 Å². The lowest BCUT2D eigenvalue weighted by atomic mass is 10.1. The highest BCUT2D eigenvalue weighted by Crippen LogP contribution is 2.23. The molecule has 29 heavy (non-hydrogen) atoms. The maximum atomic E-state index is 12.6. The number of ether oxygens (including phenoxy) is 1. The van der Waals surface area contributed by atoms with Gasteiger partial charge in [-0.3, -0.25) is 14.4 Å². The zero-order chi connectivity index (χ0) is 21.0. The Balaban J connectivity index is 1.60. The SMILES string of the molecule is CC(=O)c1cccc(NC(=O)[C@H](C)OC(=O)[C@@H]2CCCN2C(=O)c2cccs2)c1. The van der Waals surface area contributed by atoms with Crippen molar-refractivity contribution in [3.8, 4) is 0 Å². The molecule has 2 aromatic rings. The number of carbonyl (C=O) groups is 4. The highest BCUT2D eigenvalue weighted by molar-refractivity contribution is 7.12. The van der Waals surface area contributed by atoms with Crippen LogP contribution in [0.2, 0.25) is 0 Å². The van der Waals surface area contributed by atoms with E-state index in [9.17, 15) is 19.2 Å². The minimum absolute atomic E-state index is 0.114. The van der Waals surface area contributed by atoms with Gasteiger partial charge in [0.2, 0.25) is 0 Å². The Morgan fingerprint density at radius 1 is 1.21 bits per heavy atom. The molecule has 0 unspecified atom stereocenters. The zero-order valence-corrected chi connectivity index (χ0v) is 17.0. The van der Waals surface area contributed by atoms with Gasteiger partial charge in [0, 0.05) is 17.8 Å². The molecule has 1 aliphatic heterocycles. The van der Waals surface area contributed by atoms with Gasteiger partial charge < -0.3 is 15.0 Å². The number of esters is 1. The van der Waals surface area contributed by atoms with E-state index in [1.807, 2.05) is 5.38 Å². The average Bonchev–Trinajstić information content (AvgIpc) is 3.39. The number of thiophene rings is 1. The summed E-state index contributed by atoms with van der Waals surface area (Å²) in [6, 6.07) is 9.34. The Kier molecular flexibility index (Phi) is 6.43. The fraction of sp³-hybridized carbons (Fsp3) is 0.333. The number of amides is 2. The number of hydrogen-bond acceptors (Lipinski definition) is 6. The summed E-state index contributed by atoms with van der Waals surface area (Å²) in [4.78, 5) is 51.1. The lowest BCUT2D eigenvalue weighted by Crippen LogP contribution is -2.43. The minimum atomic E-state index is -1.04. The van der Waals surface area contributed by atoms with Gasteiger partial charge in [-0.2, -0.15) is 0 Å². The van der Waals surface area contributed by atoms with Crippen LogP contribution in [-0.2, 0) is 14.3 Å². The van der Waals surface area contributed by atoms with Gasteiger partial charge >= 0.3 is 5.97 Å². The van der Waals surface area contributed by atoms with Crippen molar-refractivity contribution in [3.05, 3.63) is 52.2 Å². The molecule has 2 heterocycles. The van der Waals surface area contributed by atoms with Crippen LogP contribution in [0.15, 0.2) is 41.8 Å². The Labute approximate surface area is 172 Å². The molecule has 1 aromatic heterocycles. The molecule has 1 N–H and O–H groups in total. The topological polar surface area (TPSA) is 92.8 Å². The number of nitrogens with one attached hydrogen (secondary N) is 1. The number of rotatable bonds is 6. The van der Waals surface area contributed by atoms with Gasteiger partial charge in [0.25, 0.3) is 11.8 Å². The number of Topliss-reactive ketones (excluding diaryl/α,β-unsaturated/α-hetero) is 1. The first kappa shape index (κ1) is 20.7. The summed E-state index contributed by atoms with van der Waals surface area (Å²) in [5.41, 5.74) is 0.919. The maximum absolute atomic E-state index is 12.6. The molecule has 0 radical (unpaired) electrons. The number of carbonyl (C=O) groups excluding carboxylic acids is 4. The second-order valence-corrected chi connectivity index (χ2v) is 7.79. The summed E-state index contributed by atoms with van der Waals surface area (Å²) in [6.07, 6.45) is 0.169. The third kappa shape index (κ3) is 4.89. The van der Waals surface area contributed by atoms with E-state index in [1.54, 1.807) is 36.4 Å². The summed E-state index contributed by atoms with van der Waals surface area (Å²) < 4.78 is 5.34. The van der Waals surface area contributed by atoms with Gasteiger partial charge in [-0.1, -0.05) is 18.2 Å². The molecule has 1 saturated heterocycles. The molecule has 1 aromatic carbocycles. The number of anilines is 1.